The summed E-state index contributed by atoms with van der Waals surface area (Å²) in [5.41, 5.74) is 4.42. The first-order chi connectivity index (χ1) is 20.4. The van der Waals surface area contributed by atoms with Gasteiger partial charge in [-0.05, 0) is 58.7 Å². The zero-order valence-corrected chi connectivity index (χ0v) is 23.1. The van der Waals surface area contributed by atoms with E-state index in [-0.39, 0.29) is 44.9 Å². The normalized spacial score (nSPS) is 13.7. The molecule has 0 aromatic heterocycles. The van der Waals surface area contributed by atoms with Crippen LogP contribution in [0.1, 0.15) is 63.7 Å². The van der Waals surface area contributed by atoms with E-state index in [0.29, 0.717) is 35.5 Å². The summed E-state index contributed by atoms with van der Waals surface area (Å²) in [6.45, 7) is 0. The van der Waals surface area contributed by atoms with E-state index in [0.717, 1.165) is 11.1 Å². The highest BCUT2D eigenvalue weighted by molar-refractivity contribution is 6.29. The van der Waals surface area contributed by atoms with Crippen molar-refractivity contribution >= 4 is 23.1 Å². The number of fused-ring (bicyclic) bond motifs is 2. The maximum absolute atomic E-state index is 13.6. The number of ketones is 4. The Labute approximate surface area is 242 Å². The molecule has 4 aromatic rings. The number of allylic oxidation sites excluding steroid dienone is 4. The molecule has 206 valence electrons. The first-order valence-corrected chi connectivity index (χ1v) is 13.5. The average molecular weight is 555 g/mol. The number of benzene rings is 4. The first kappa shape index (κ1) is 26.8. The van der Waals surface area contributed by atoms with Crippen LogP contribution in [-0.2, 0) is 12.8 Å². The molecular weight excluding hydrogens is 528 g/mol. The van der Waals surface area contributed by atoms with E-state index in [2.05, 4.69) is 0 Å². The molecule has 0 atom stereocenters. The third-order valence-corrected chi connectivity index (χ3v) is 7.64. The molecule has 0 N–H and O–H groups in total. The van der Waals surface area contributed by atoms with Crippen LogP contribution in [0.5, 0.6) is 11.5 Å². The van der Waals surface area contributed by atoms with Crippen LogP contribution in [0.3, 0.4) is 0 Å². The van der Waals surface area contributed by atoms with Gasteiger partial charge in [-0.25, -0.2) is 0 Å². The number of ether oxygens (including phenoxy) is 2. The Morgan fingerprint density at radius 2 is 0.833 bits per heavy atom. The van der Waals surface area contributed by atoms with Gasteiger partial charge < -0.3 is 9.47 Å². The second-order valence-electron chi connectivity index (χ2n) is 10.2. The van der Waals surface area contributed by atoms with Crippen LogP contribution in [0.4, 0.5) is 0 Å². The molecule has 0 unspecified atom stereocenters. The Hall–Kier alpha value is -5.36. The molecule has 6 nitrogen and oxygen atoms in total. The molecule has 42 heavy (non-hydrogen) atoms. The summed E-state index contributed by atoms with van der Waals surface area (Å²) in [4.78, 5) is 53.6. The van der Waals surface area contributed by atoms with E-state index in [1.165, 1.54) is 38.5 Å². The van der Waals surface area contributed by atoms with Crippen molar-refractivity contribution in [2.24, 2.45) is 0 Å². The SMILES string of the molecule is COc1c(Cc2ccccc2)cc2c(c1-c1c(OC)c(Cc3ccccc3)cc3c1C(=O)C=CC3=O)C(=O)C=CC2=O. The smallest absolute Gasteiger partial charge is 0.187 e. The van der Waals surface area contributed by atoms with Crippen molar-refractivity contribution in [2.75, 3.05) is 14.2 Å². The van der Waals surface area contributed by atoms with Gasteiger partial charge in [0.1, 0.15) is 11.5 Å². The summed E-state index contributed by atoms with van der Waals surface area (Å²) in [6.07, 6.45) is 5.76. The maximum Gasteiger partial charge on any atom is 0.187 e. The Morgan fingerprint density at radius 1 is 0.476 bits per heavy atom. The van der Waals surface area contributed by atoms with Gasteiger partial charge in [0.05, 0.1) is 14.2 Å². The lowest BCUT2D eigenvalue weighted by molar-refractivity contribution is 0.0992. The monoisotopic (exact) mass is 554 g/mol. The molecule has 2 aliphatic carbocycles. The van der Waals surface area contributed by atoms with Gasteiger partial charge in [0.25, 0.3) is 0 Å². The molecule has 0 radical (unpaired) electrons. The summed E-state index contributed by atoms with van der Waals surface area (Å²) < 4.78 is 12.0. The number of methoxy groups -OCH3 is 2. The van der Waals surface area contributed by atoms with Gasteiger partial charge in [-0.2, -0.15) is 0 Å². The molecule has 4 aromatic carbocycles. The van der Waals surface area contributed by atoms with Crippen molar-refractivity contribution in [3.63, 3.8) is 0 Å². The van der Waals surface area contributed by atoms with Crippen LogP contribution in [0.25, 0.3) is 11.1 Å². The molecular formula is C36H26O6. The molecule has 0 amide bonds. The van der Waals surface area contributed by atoms with Crippen molar-refractivity contribution < 1.29 is 28.7 Å². The fourth-order valence-corrected chi connectivity index (χ4v) is 5.83. The first-order valence-electron chi connectivity index (χ1n) is 13.5. The zero-order valence-electron chi connectivity index (χ0n) is 23.1. The van der Waals surface area contributed by atoms with E-state index in [1.54, 1.807) is 12.1 Å². The fourth-order valence-electron chi connectivity index (χ4n) is 5.83. The highest BCUT2D eigenvalue weighted by atomic mass is 16.5. The van der Waals surface area contributed by atoms with Gasteiger partial charge in [0, 0.05) is 46.2 Å². The van der Waals surface area contributed by atoms with Crippen LogP contribution in [0.15, 0.2) is 97.1 Å². The Balaban J connectivity index is 1.74. The van der Waals surface area contributed by atoms with Crippen LogP contribution in [0.2, 0.25) is 0 Å². The summed E-state index contributed by atoms with van der Waals surface area (Å²) in [5, 5.41) is 0. The molecule has 0 heterocycles. The topological polar surface area (TPSA) is 86.7 Å². The second kappa shape index (κ2) is 10.9. The Morgan fingerprint density at radius 3 is 1.19 bits per heavy atom. The molecule has 0 saturated heterocycles. The van der Waals surface area contributed by atoms with Crippen LogP contribution in [-0.4, -0.2) is 37.4 Å². The quantitative estimate of drug-likeness (QED) is 0.262. The number of rotatable bonds is 7. The van der Waals surface area contributed by atoms with Crippen LogP contribution >= 0.6 is 0 Å². The highest BCUT2D eigenvalue weighted by Gasteiger charge is 2.35. The van der Waals surface area contributed by atoms with Crippen molar-refractivity contribution in [1.29, 1.82) is 0 Å². The standard InChI is InChI=1S/C36H26O6/c1-41-35-23(17-21-9-5-3-6-10-21)19-25-27(37)13-15-29(39)31(25)33(35)34-32-26(28(38)14-16-30(32)40)20-24(36(34)42-2)18-22-11-7-4-8-12-22/h3-16,19-20H,17-18H2,1-2H3. The summed E-state index contributed by atoms with van der Waals surface area (Å²) in [6, 6.07) is 22.7. The molecule has 6 heteroatoms. The molecule has 0 spiro atoms. The van der Waals surface area contributed by atoms with Gasteiger partial charge in [-0.3, -0.25) is 19.2 Å². The minimum Gasteiger partial charge on any atom is -0.496 e. The van der Waals surface area contributed by atoms with Gasteiger partial charge in [-0.1, -0.05) is 60.7 Å². The zero-order chi connectivity index (χ0) is 29.4. The highest BCUT2D eigenvalue weighted by Crippen LogP contribution is 2.49. The van der Waals surface area contributed by atoms with Crippen molar-refractivity contribution in [3.05, 3.63) is 142 Å². The van der Waals surface area contributed by atoms with Gasteiger partial charge in [-0.15, -0.1) is 0 Å². The molecule has 0 fully saturated rings. The number of hydrogen-bond acceptors (Lipinski definition) is 6. The van der Waals surface area contributed by atoms with Crippen molar-refractivity contribution in [1.82, 2.24) is 0 Å². The molecule has 0 aliphatic heterocycles. The molecule has 0 saturated carbocycles. The summed E-state index contributed by atoms with van der Waals surface area (Å²) in [5.74, 6) is -0.809. The Kier molecular flexibility index (Phi) is 6.97. The Bertz CT molecular complexity index is 1710. The summed E-state index contributed by atoms with van der Waals surface area (Å²) >= 11 is 0. The average Bonchev–Trinajstić information content (AvgIpc) is 3.01. The summed E-state index contributed by atoms with van der Waals surface area (Å²) in [7, 11) is 2.98. The molecule has 0 bridgehead atoms. The third kappa shape index (κ3) is 4.57. The van der Waals surface area contributed by atoms with Gasteiger partial charge >= 0.3 is 0 Å². The minimum atomic E-state index is -0.404. The third-order valence-electron chi connectivity index (χ3n) is 7.64. The van der Waals surface area contributed by atoms with E-state index in [9.17, 15) is 19.2 Å². The lowest BCUT2D eigenvalue weighted by Gasteiger charge is -2.26. The molecule has 2 aliphatic rings. The second-order valence-corrected chi connectivity index (χ2v) is 10.2. The van der Waals surface area contributed by atoms with Crippen LogP contribution < -0.4 is 9.47 Å². The predicted octanol–water partition coefficient (Wildman–Crippen LogP) is 6.42. The maximum atomic E-state index is 13.6. The van der Waals surface area contributed by atoms with Crippen molar-refractivity contribution in [2.45, 2.75) is 12.8 Å². The van der Waals surface area contributed by atoms with Gasteiger partial charge in [0.2, 0.25) is 0 Å². The fraction of sp³-hybridized carbons (Fsp3) is 0.111. The van der Waals surface area contributed by atoms with Gasteiger partial charge in [0.15, 0.2) is 23.1 Å². The van der Waals surface area contributed by atoms with E-state index < -0.39 is 11.6 Å². The van der Waals surface area contributed by atoms with E-state index in [4.69, 9.17) is 9.47 Å². The number of carbonyl (C=O) groups is 4. The van der Waals surface area contributed by atoms with Crippen molar-refractivity contribution in [3.8, 4) is 22.6 Å². The minimum absolute atomic E-state index is 0.114. The number of carbonyl (C=O) groups excluding carboxylic acids is 4. The largest absolute Gasteiger partial charge is 0.496 e. The lowest BCUT2D eigenvalue weighted by atomic mass is 9.78. The lowest BCUT2D eigenvalue weighted by Crippen LogP contribution is -2.19. The van der Waals surface area contributed by atoms with E-state index in [1.807, 2.05) is 60.7 Å². The van der Waals surface area contributed by atoms with E-state index >= 15 is 0 Å². The predicted molar refractivity (Wildman–Crippen MR) is 159 cm³/mol. The molecule has 6 rings (SSSR count). The van der Waals surface area contributed by atoms with Crippen LogP contribution in [0, 0.1) is 0 Å². The number of hydrogen-bond donors (Lipinski definition) is 0.